The molecule has 4 heteroatoms. The van der Waals surface area contributed by atoms with Crippen molar-refractivity contribution < 1.29 is 17.8 Å². The summed E-state index contributed by atoms with van der Waals surface area (Å²) in [6.45, 7) is -1.83. The molecule has 18 heavy (non-hydrogen) atoms. The van der Waals surface area contributed by atoms with E-state index in [0.717, 1.165) is 0 Å². The van der Waals surface area contributed by atoms with E-state index in [9.17, 15) is 4.79 Å². The number of hydrogen-bond acceptors (Lipinski definition) is 3. The number of ether oxygens (including phenoxy) is 1. The van der Waals surface area contributed by atoms with Crippen LogP contribution in [-0.4, -0.2) is 43.4 Å². The van der Waals surface area contributed by atoms with Crippen LogP contribution in [-0.2, 0) is 0 Å². The van der Waals surface area contributed by atoms with Gasteiger partial charge in [-0.1, -0.05) is 12.1 Å². The molecule has 0 saturated carbocycles. The second-order valence-corrected chi connectivity index (χ2v) is 4.00. The molecule has 1 aromatic rings. The molecule has 0 aliphatic rings. The van der Waals surface area contributed by atoms with Crippen molar-refractivity contribution in [1.29, 1.82) is 0 Å². The summed E-state index contributed by atoms with van der Waals surface area (Å²) in [6, 6.07) is 5.27. The molecule has 0 aliphatic heterocycles. The lowest BCUT2D eigenvalue weighted by Gasteiger charge is -2.21. The van der Waals surface area contributed by atoms with E-state index in [4.69, 9.17) is 13.0 Å². The second-order valence-electron chi connectivity index (χ2n) is 4.00. The molecule has 1 amide bonds. The number of hydrogen-bond donors (Lipinski definition) is 0. The molecule has 100 valence electrons. The summed E-state index contributed by atoms with van der Waals surface area (Å²) < 4.78 is 50.1. The lowest BCUT2D eigenvalue weighted by Crippen LogP contribution is -2.29. The lowest BCUT2D eigenvalue weighted by molar-refractivity contribution is 0.165. The summed E-state index contributed by atoms with van der Waals surface area (Å²) >= 11 is 0. The van der Waals surface area contributed by atoms with E-state index in [-0.39, 0.29) is 5.75 Å². The second kappa shape index (κ2) is 6.40. The number of nitrogens with zero attached hydrogens (tertiary/aromatic N) is 2. The minimum absolute atomic E-state index is 0.223. The molecule has 0 N–H and O–H groups in total. The van der Waals surface area contributed by atoms with E-state index in [0.29, 0.717) is 17.0 Å². The fraction of sp³-hybridized carbons (Fsp3) is 0.500. The molecule has 0 fully saturated rings. The Bertz CT molecular complexity index is 559. The van der Waals surface area contributed by atoms with Crippen molar-refractivity contribution in [3.63, 3.8) is 0 Å². The topological polar surface area (TPSA) is 32.8 Å². The molecular weight excluding hydrogens is 228 g/mol. The summed E-state index contributed by atoms with van der Waals surface area (Å²) in [5, 5.41) is 0. The van der Waals surface area contributed by atoms with E-state index < -0.39 is 26.1 Å². The molecule has 0 saturated heterocycles. The monoisotopic (exact) mass is 256 g/mol. The normalized spacial score (nSPS) is 18.7. The number of benzene rings is 1. The molecule has 4 nitrogen and oxygen atoms in total. The summed E-state index contributed by atoms with van der Waals surface area (Å²) in [5.74, 6) is 0.223. The van der Waals surface area contributed by atoms with Gasteiger partial charge in [-0.25, -0.2) is 4.79 Å². The maximum atomic E-state index is 11.8. The number of carbonyl (C=O) groups excluding carboxylic acids is 1. The third kappa shape index (κ3) is 3.74. The first kappa shape index (κ1) is 7.79. The largest absolute Gasteiger partial charge is 0.414 e. The van der Waals surface area contributed by atoms with Crippen molar-refractivity contribution in [3.05, 3.63) is 29.8 Å². The van der Waals surface area contributed by atoms with Gasteiger partial charge in [0.1, 0.15) is 5.75 Å². The first-order valence-electron chi connectivity index (χ1n) is 8.70. The predicted molar refractivity (Wildman–Crippen MR) is 72.9 cm³/mol. The van der Waals surface area contributed by atoms with Gasteiger partial charge >= 0.3 is 6.09 Å². The van der Waals surface area contributed by atoms with Gasteiger partial charge in [0.05, 0.1) is 0 Å². The SMILES string of the molecule is [2H]C([2H])([2H])N(C(C)c1cccc(OC(=O)N(C)CC)c1)C([2H])([2H])[2H]. The number of carbonyl (C=O) groups is 1. The Kier molecular flexibility index (Phi) is 2.77. The Labute approximate surface area is 118 Å². The molecule has 1 rings (SSSR count). The van der Waals surface area contributed by atoms with Gasteiger partial charge in [0, 0.05) is 27.9 Å². The van der Waals surface area contributed by atoms with Crippen molar-refractivity contribution in [1.82, 2.24) is 9.80 Å². The van der Waals surface area contributed by atoms with E-state index >= 15 is 0 Å². The van der Waals surface area contributed by atoms with Crippen LogP contribution in [0.3, 0.4) is 0 Å². The highest BCUT2D eigenvalue weighted by Crippen LogP contribution is 2.22. The van der Waals surface area contributed by atoms with Gasteiger partial charge in [-0.3, -0.25) is 0 Å². The quantitative estimate of drug-likeness (QED) is 0.830. The fourth-order valence-electron chi connectivity index (χ4n) is 1.29. The fourth-order valence-corrected chi connectivity index (χ4v) is 1.29. The Hall–Kier alpha value is -1.55. The molecule has 1 atom stereocenters. The zero-order valence-electron chi connectivity index (χ0n) is 16.8. The number of amides is 1. The van der Waals surface area contributed by atoms with Gasteiger partial charge in [-0.05, 0) is 45.5 Å². The van der Waals surface area contributed by atoms with Crippen molar-refractivity contribution >= 4 is 6.09 Å². The third-order valence-corrected chi connectivity index (χ3v) is 2.72. The first-order valence-corrected chi connectivity index (χ1v) is 5.70. The zero-order valence-corrected chi connectivity index (χ0v) is 10.8. The molecule has 1 unspecified atom stereocenters. The maximum Gasteiger partial charge on any atom is 0.414 e. The van der Waals surface area contributed by atoms with Gasteiger partial charge < -0.3 is 14.5 Å². The molecule has 0 spiro atoms. The first-order chi connectivity index (χ1) is 10.9. The van der Waals surface area contributed by atoms with Crippen molar-refractivity contribution in [3.8, 4) is 5.75 Å². The molecule has 0 heterocycles. The Morgan fingerprint density at radius 2 is 2.22 bits per heavy atom. The molecule has 0 bridgehead atoms. The van der Waals surface area contributed by atoms with Crippen LogP contribution >= 0.6 is 0 Å². The third-order valence-electron chi connectivity index (χ3n) is 2.72. The lowest BCUT2D eigenvalue weighted by atomic mass is 10.1. The highest BCUT2D eigenvalue weighted by Gasteiger charge is 2.12. The molecule has 0 aromatic heterocycles. The van der Waals surface area contributed by atoms with Gasteiger partial charge in [0.2, 0.25) is 0 Å². The van der Waals surface area contributed by atoms with E-state index in [1.807, 2.05) is 0 Å². The predicted octanol–water partition coefficient (Wildman–Crippen LogP) is 2.76. The molecular formula is C14H22N2O2. The van der Waals surface area contributed by atoms with Crippen LogP contribution < -0.4 is 4.74 Å². The summed E-state index contributed by atoms with van der Waals surface area (Å²) in [5.41, 5.74) is 0.423. The smallest absolute Gasteiger partial charge is 0.410 e. The van der Waals surface area contributed by atoms with Gasteiger partial charge in [0.15, 0.2) is 0 Å². The van der Waals surface area contributed by atoms with Crippen LogP contribution in [0.15, 0.2) is 24.3 Å². The highest BCUT2D eigenvalue weighted by atomic mass is 16.6. The van der Waals surface area contributed by atoms with Crippen molar-refractivity contribution in [2.24, 2.45) is 0 Å². The van der Waals surface area contributed by atoms with Crippen LogP contribution in [0, 0.1) is 0 Å². The van der Waals surface area contributed by atoms with Crippen LogP contribution in [0.25, 0.3) is 0 Å². The standard InChI is InChI=1S/C14H22N2O2/c1-6-16(5)14(17)18-13-9-7-8-12(10-13)11(2)15(3)4/h7-11H,6H2,1-5H3/i3D3,4D3. The van der Waals surface area contributed by atoms with Crippen LogP contribution in [0.2, 0.25) is 0 Å². The molecule has 1 aromatic carbocycles. The summed E-state index contributed by atoms with van der Waals surface area (Å²) in [4.78, 5) is 13.6. The average molecular weight is 256 g/mol. The molecule has 0 aliphatic carbocycles. The molecule has 0 radical (unpaired) electrons. The Morgan fingerprint density at radius 3 is 2.83 bits per heavy atom. The van der Waals surface area contributed by atoms with Gasteiger partial charge in [-0.2, -0.15) is 0 Å². The summed E-state index contributed by atoms with van der Waals surface area (Å²) in [6.07, 6.45) is -0.550. The van der Waals surface area contributed by atoms with Crippen LogP contribution in [0.1, 0.15) is 33.7 Å². The minimum atomic E-state index is -2.79. The van der Waals surface area contributed by atoms with E-state index in [1.165, 1.54) is 17.9 Å². The van der Waals surface area contributed by atoms with Gasteiger partial charge in [0.25, 0.3) is 0 Å². The zero-order chi connectivity index (χ0) is 18.7. The van der Waals surface area contributed by atoms with Gasteiger partial charge in [-0.15, -0.1) is 0 Å². The van der Waals surface area contributed by atoms with Crippen LogP contribution in [0.5, 0.6) is 5.75 Å². The summed E-state index contributed by atoms with van der Waals surface area (Å²) in [7, 11) is 1.58. The average Bonchev–Trinajstić information content (AvgIpc) is 2.43. The van der Waals surface area contributed by atoms with Crippen LogP contribution in [0.4, 0.5) is 4.79 Å². The minimum Gasteiger partial charge on any atom is -0.410 e. The van der Waals surface area contributed by atoms with Crippen molar-refractivity contribution in [2.75, 3.05) is 27.5 Å². The highest BCUT2D eigenvalue weighted by molar-refractivity contribution is 5.70. The Balaban J connectivity index is 3.09. The van der Waals surface area contributed by atoms with E-state index in [1.54, 1.807) is 32.2 Å². The number of rotatable bonds is 4. The van der Waals surface area contributed by atoms with E-state index in [2.05, 4.69) is 0 Å². The van der Waals surface area contributed by atoms with Crippen molar-refractivity contribution in [2.45, 2.75) is 19.9 Å². The maximum absolute atomic E-state index is 11.8. The Morgan fingerprint density at radius 1 is 1.50 bits per heavy atom.